The summed E-state index contributed by atoms with van der Waals surface area (Å²) in [6.45, 7) is 0. The highest BCUT2D eigenvalue weighted by Crippen LogP contribution is 2.21. The summed E-state index contributed by atoms with van der Waals surface area (Å²) >= 11 is 1.31. The minimum Gasteiger partial charge on any atom is -0.465 e. The van der Waals surface area contributed by atoms with Crippen LogP contribution in [0.5, 0.6) is 0 Å². The number of thioether (sulfide) groups is 1. The van der Waals surface area contributed by atoms with Crippen LogP contribution < -0.4 is 0 Å². The van der Waals surface area contributed by atoms with Gasteiger partial charge in [0.25, 0.3) is 0 Å². The number of hydrogen-bond donors (Lipinski definition) is 0. The number of methoxy groups -OCH3 is 1. The fourth-order valence-electron chi connectivity index (χ4n) is 0.944. The van der Waals surface area contributed by atoms with Crippen molar-refractivity contribution in [2.45, 2.75) is 4.90 Å². The van der Waals surface area contributed by atoms with Gasteiger partial charge in [-0.1, -0.05) is 0 Å². The number of benzene rings is 1. The van der Waals surface area contributed by atoms with Crippen LogP contribution in [0, 0.1) is 5.82 Å². The van der Waals surface area contributed by atoms with E-state index in [0.29, 0.717) is 10.5 Å². The second kappa shape index (κ2) is 4.28. The largest absolute Gasteiger partial charge is 0.465 e. The van der Waals surface area contributed by atoms with E-state index in [2.05, 4.69) is 4.74 Å². The van der Waals surface area contributed by atoms with Crippen molar-refractivity contribution in [1.29, 1.82) is 0 Å². The van der Waals surface area contributed by atoms with Crippen molar-refractivity contribution in [2.24, 2.45) is 0 Å². The zero-order valence-corrected chi connectivity index (χ0v) is 8.15. The van der Waals surface area contributed by atoms with Crippen LogP contribution in [-0.4, -0.2) is 19.3 Å². The lowest BCUT2D eigenvalue weighted by Crippen LogP contribution is -2.03. The highest BCUT2D eigenvalue weighted by atomic mass is 32.2. The molecule has 0 aliphatic carbocycles. The highest BCUT2D eigenvalue weighted by Gasteiger charge is 2.11. The monoisotopic (exact) mass is 200 g/mol. The van der Waals surface area contributed by atoms with E-state index in [1.807, 2.05) is 0 Å². The first kappa shape index (κ1) is 10.1. The maximum atomic E-state index is 12.7. The molecule has 0 aromatic heterocycles. The van der Waals surface area contributed by atoms with E-state index in [-0.39, 0.29) is 5.82 Å². The van der Waals surface area contributed by atoms with Crippen LogP contribution in [0.15, 0.2) is 23.1 Å². The Morgan fingerprint density at radius 3 is 2.77 bits per heavy atom. The van der Waals surface area contributed by atoms with Gasteiger partial charge >= 0.3 is 5.97 Å². The van der Waals surface area contributed by atoms with E-state index in [4.69, 9.17) is 0 Å². The summed E-state index contributed by atoms with van der Waals surface area (Å²) in [5.74, 6) is -0.790. The molecular weight excluding hydrogens is 191 g/mol. The standard InChI is InChI=1S/C9H9FO2S/c1-12-9(11)7-4-3-6(10)5-8(7)13-2/h3-5H,1-2H3. The summed E-state index contributed by atoms with van der Waals surface area (Å²) in [6.07, 6.45) is 1.78. The molecule has 2 nitrogen and oxygen atoms in total. The molecule has 0 unspecified atom stereocenters. The molecule has 0 N–H and O–H groups in total. The van der Waals surface area contributed by atoms with E-state index >= 15 is 0 Å². The van der Waals surface area contributed by atoms with Gasteiger partial charge < -0.3 is 4.74 Å². The second-order valence-electron chi connectivity index (χ2n) is 2.34. The van der Waals surface area contributed by atoms with E-state index in [1.165, 1.54) is 37.1 Å². The third kappa shape index (κ3) is 2.21. The summed E-state index contributed by atoms with van der Waals surface area (Å²) in [6, 6.07) is 3.98. The quantitative estimate of drug-likeness (QED) is 0.541. The minimum atomic E-state index is -0.440. The fraction of sp³-hybridized carbons (Fsp3) is 0.222. The van der Waals surface area contributed by atoms with Crippen molar-refractivity contribution in [2.75, 3.05) is 13.4 Å². The van der Waals surface area contributed by atoms with E-state index in [9.17, 15) is 9.18 Å². The maximum absolute atomic E-state index is 12.7. The Hall–Kier alpha value is -1.03. The fourth-order valence-corrected chi connectivity index (χ4v) is 1.55. The van der Waals surface area contributed by atoms with Gasteiger partial charge in [0.1, 0.15) is 5.82 Å². The molecule has 0 radical (unpaired) electrons. The van der Waals surface area contributed by atoms with Gasteiger partial charge in [0.15, 0.2) is 0 Å². The van der Waals surface area contributed by atoms with Gasteiger partial charge in [-0.15, -0.1) is 11.8 Å². The molecular formula is C9H9FO2S. The Kier molecular flexibility index (Phi) is 3.31. The van der Waals surface area contributed by atoms with Crippen molar-refractivity contribution >= 4 is 17.7 Å². The van der Waals surface area contributed by atoms with Crippen LogP contribution in [-0.2, 0) is 4.74 Å². The Morgan fingerprint density at radius 2 is 2.23 bits per heavy atom. The van der Waals surface area contributed by atoms with Crippen molar-refractivity contribution in [1.82, 2.24) is 0 Å². The van der Waals surface area contributed by atoms with Crippen molar-refractivity contribution in [3.63, 3.8) is 0 Å². The molecule has 0 heterocycles. The molecule has 0 fully saturated rings. The topological polar surface area (TPSA) is 26.3 Å². The Morgan fingerprint density at radius 1 is 1.54 bits per heavy atom. The normalized spacial score (nSPS) is 9.77. The van der Waals surface area contributed by atoms with Crippen LogP contribution in [0.3, 0.4) is 0 Å². The third-order valence-electron chi connectivity index (χ3n) is 1.57. The summed E-state index contributed by atoms with van der Waals surface area (Å²) in [4.78, 5) is 11.7. The summed E-state index contributed by atoms with van der Waals surface area (Å²) in [5, 5.41) is 0. The highest BCUT2D eigenvalue weighted by molar-refractivity contribution is 7.98. The summed E-state index contributed by atoms with van der Waals surface area (Å²) in [7, 11) is 1.30. The number of carbonyl (C=O) groups excluding carboxylic acids is 1. The molecule has 0 spiro atoms. The molecule has 0 saturated heterocycles. The molecule has 0 aliphatic rings. The number of rotatable bonds is 2. The van der Waals surface area contributed by atoms with Crippen LogP contribution in [0.25, 0.3) is 0 Å². The average Bonchev–Trinajstić information content (AvgIpc) is 2.16. The molecule has 1 aromatic rings. The first-order valence-electron chi connectivity index (χ1n) is 3.61. The lowest BCUT2D eigenvalue weighted by atomic mass is 10.2. The van der Waals surface area contributed by atoms with Gasteiger partial charge in [0.2, 0.25) is 0 Å². The Labute approximate surface area is 80.1 Å². The van der Waals surface area contributed by atoms with Gasteiger partial charge in [-0.05, 0) is 24.5 Å². The molecule has 0 amide bonds. The first-order chi connectivity index (χ1) is 6.19. The number of hydrogen-bond acceptors (Lipinski definition) is 3. The zero-order valence-electron chi connectivity index (χ0n) is 7.33. The molecule has 1 rings (SSSR count). The van der Waals surface area contributed by atoms with Crippen LogP contribution in [0.2, 0.25) is 0 Å². The predicted octanol–water partition coefficient (Wildman–Crippen LogP) is 2.33. The Balaban J connectivity index is 3.13. The SMILES string of the molecule is COC(=O)c1ccc(F)cc1SC. The van der Waals surface area contributed by atoms with E-state index < -0.39 is 5.97 Å². The van der Waals surface area contributed by atoms with Crippen LogP contribution in [0.4, 0.5) is 4.39 Å². The molecule has 13 heavy (non-hydrogen) atoms. The van der Waals surface area contributed by atoms with E-state index in [1.54, 1.807) is 6.26 Å². The molecule has 0 bridgehead atoms. The molecule has 70 valence electrons. The van der Waals surface area contributed by atoms with Crippen molar-refractivity contribution < 1.29 is 13.9 Å². The minimum absolute atomic E-state index is 0.350. The number of carbonyl (C=O) groups is 1. The first-order valence-corrected chi connectivity index (χ1v) is 4.83. The zero-order chi connectivity index (χ0) is 9.84. The van der Waals surface area contributed by atoms with Gasteiger partial charge in [-0.25, -0.2) is 9.18 Å². The van der Waals surface area contributed by atoms with Gasteiger partial charge in [0, 0.05) is 4.90 Å². The van der Waals surface area contributed by atoms with Crippen LogP contribution >= 0.6 is 11.8 Å². The maximum Gasteiger partial charge on any atom is 0.338 e. The van der Waals surface area contributed by atoms with Gasteiger partial charge in [0.05, 0.1) is 12.7 Å². The molecule has 4 heteroatoms. The second-order valence-corrected chi connectivity index (χ2v) is 3.18. The van der Waals surface area contributed by atoms with Crippen molar-refractivity contribution in [3.05, 3.63) is 29.6 Å². The average molecular weight is 200 g/mol. The van der Waals surface area contributed by atoms with E-state index in [0.717, 1.165) is 0 Å². The predicted molar refractivity (Wildman–Crippen MR) is 49.5 cm³/mol. The van der Waals surface area contributed by atoms with Crippen molar-refractivity contribution in [3.8, 4) is 0 Å². The summed E-state index contributed by atoms with van der Waals surface area (Å²) < 4.78 is 17.3. The number of esters is 1. The molecule has 1 aromatic carbocycles. The molecule has 0 saturated carbocycles. The summed E-state index contributed by atoms with van der Waals surface area (Å²) in [5.41, 5.74) is 0.399. The third-order valence-corrected chi connectivity index (χ3v) is 2.35. The molecule has 0 aliphatic heterocycles. The van der Waals surface area contributed by atoms with Gasteiger partial charge in [-0.2, -0.15) is 0 Å². The molecule has 0 atom stereocenters. The lowest BCUT2D eigenvalue weighted by Gasteiger charge is -2.04. The Bertz CT molecular complexity index is 325. The lowest BCUT2D eigenvalue weighted by molar-refractivity contribution is 0.0596. The smallest absolute Gasteiger partial charge is 0.338 e. The van der Waals surface area contributed by atoms with Gasteiger partial charge in [-0.3, -0.25) is 0 Å². The number of ether oxygens (including phenoxy) is 1. The van der Waals surface area contributed by atoms with Crippen LogP contribution in [0.1, 0.15) is 10.4 Å². The number of halogens is 1.